The summed E-state index contributed by atoms with van der Waals surface area (Å²) in [6.45, 7) is 0.932. The van der Waals surface area contributed by atoms with Gasteiger partial charge in [0.15, 0.2) is 0 Å². The molecule has 0 saturated heterocycles. The molecule has 0 aromatic carbocycles. The van der Waals surface area contributed by atoms with Crippen molar-refractivity contribution in [2.45, 2.75) is 6.54 Å². The van der Waals surface area contributed by atoms with Gasteiger partial charge in [-0.3, -0.25) is 0 Å². The zero-order valence-corrected chi connectivity index (χ0v) is 6.36. The van der Waals surface area contributed by atoms with Crippen LogP contribution in [-0.2, 0) is 6.54 Å². The van der Waals surface area contributed by atoms with E-state index in [0.717, 1.165) is 12.2 Å². The summed E-state index contributed by atoms with van der Waals surface area (Å²) >= 11 is 0. The first-order valence-electron chi connectivity index (χ1n) is 3.55. The Morgan fingerprint density at radius 2 is 2.45 bits per heavy atom. The maximum Gasteiger partial charge on any atom is 0.0921 e. The molecule has 0 aliphatic carbocycles. The predicted molar refractivity (Wildman–Crippen MR) is 42.5 cm³/mol. The lowest BCUT2D eigenvalue weighted by Crippen LogP contribution is -2.15. The van der Waals surface area contributed by atoms with Gasteiger partial charge in [-0.1, -0.05) is 0 Å². The van der Waals surface area contributed by atoms with Crippen molar-refractivity contribution in [3.05, 3.63) is 29.7 Å². The Kier molecular flexibility index (Phi) is 1.35. The minimum atomic E-state index is 0.932. The van der Waals surface area contributed by atoms with Gasteiger partial charge in [-0.15, -0.1) is 0 Å². The average molecular weight is 147 g/mol. The van der Waals surface area contributed by atoms with Gasteiger partial charge in [0.05, 0.1) is 5.69 Å². The predicted octanol–water partition coefficient (Wildman–Crippen LogP) is 0.893. The van der Waals surface area contributed by atoms with Crippen molar-refractivity contribution in [3.63, 3.8) is 0 Å². The van der Waals surface area contributed by atoms with E-state index < -0.39 is 0 Å². The first-order chi connectivity index (χ1) is 5.36. The maximum absolute atomic E-state index is 3.99. The average Bonchev–Trinajstić information content (AvgIpc) is 2.04. The van der Waals surface area contributed by atoms with E-state index in [1.807, 2.05) is 25.4 Å². The number of rotatable bonds is 0. The van der Waals surface area contributed by atoms with E-state index in [-0.39, 0.29) is 0 Å². The van der Waals surface area contributed by atoms with E-state index >= 15 is 0 Å². The molecule has 2 heterocycles. The molecule has 0 fully saturated rings. The fourth-order valence-electron chi connectivity index (χ4n) is 1.16. The Hall–Kier alpha value is -1.38. The van der Waals surface area contributed by atoms with Gasteiger partial charge < -0.3 is 4.90 Å². The van der Waals surface area contributed by atoms with E-state index in [1.54, 1.807) is 6.20 Å². The maximum atomic E-state index is 3.99. The Bertz CT molecular complexity index is 293. The third-order valence-electron chi connectivity index (χ3n) is 1.74. The van der Waals surface area contributed by atoms with E-state index in [0.29, 0.717) is 0 Å². The van der Waals surface area contributed by atoms with Crippen LogP contribution in [0.3, 0.4) is 0 Å². The summed E-state index contributed by atoms with van der Waals surface area (Å²) in [5.41, 5.74) is 2.23. The summed E-state index contributed by atoms with van der Waals surface area (Å²) in [4.78, 5) is 2.12. The second-order valence-corrected chi connectivity index (χ2v) is 2.67. The van der Waals surface area contributed by atoms with Gasteiger partial charge in [-0.25, -0.2) is 0 Å². The molecule has 0 N–H and O–H groups in total. The van der Waals surface area contributed by atoms with Crippen LogP contribution in [0.4, 0.5) is 0 Å². The quantitative estimate of drug-likeness (QED) is 0.545. The highest BCUT2D eigenvalue weighted by molar-refractivity contribution is 5.50. The highest BCUT2D eigenvalue weighted by Gasteiger charge is 2.06. The standard InChI is InChI=1S/C8H9N3/c1-11-5-3-8-7(6-11)2-4-9-10-8/h2-5H,6H2,1H3. The molecule has 2 rings (SSSR count). The fraction of sp³-hybridized carbons (Fsp3) is 0.250. The van der Waals surface area contributed by atoms with Crippen molar-refractivity contribution in [1.82, 2.24) is 15.1 Å². The first kappa shape index (κ1) is 6.34. The highest BCUT2D eigenvalue weighted by Crippen LogP contribution is 2.13. The van der Waals surface area contributed by atoms with Crippen LogP contribution >= 0.6 is 0 Å². The van der Waals surface area contributed by atoms with Crippen LogP contribution in [0.15, 0.2) is 18.5 Å². The summed E-state index contributed by atoms with van der Waals surface area (Å²) < 4.78 is 0. The molecule has 1 aliphatic rings. The number of hydrogen-bond acceptors (Lipinski definition) is 3. The van der Waals surface area contributed by atoms with Gasteiger partial charge in [0, 0.05) is 31.6 Å². The van der Waals surface area contributed by atoms with Crippen LogP contribution in [0.25, 0.3) is 6.08 Å². The molecule has 0 spiro atoms. The van der Waals surface area contributed by atoms with Crippen molar-refractivity contribution < 1.29 is 0 Å². The SMILES string of the molecule is CN1C=Cc2nnccc2C1. The summed E-state index contributed by atoms with van der Waals surface area (Å²) in [5, 5.41) is 7.79. The second-order valence-electron chi connectivity index (χ2n) is 2.67. The molecule has 0 amide bonds. The highest BCUT2D eigenvalue weighted by atomic mass is 15.1. The van der Waals surface area contributed by atoms with Crippen molar-refractivity contribution in [2.24, 2.45) is 0 Å². The van der Waals surface area contributed by atoms with Crippen LogP contribution < -0.4 is 0 Å². The monoisotopic (exact) mass is 147 g/mol. The molecule has 56 valence electrons. The largest absolute Gasteiger partial charge is 0.376 e. The normalized spacial score (nSPS) is 14.8. The third kappa shape index (κ3) is 1.09. The molecule has 3 heteroatoms. The number of aromatic nitrogens is 2. The number of fused-ring (bicyclic) bond motifs is 1. The molecular formula is C8H9N3. The smallest absolute Gasteiger partial charge is 0.0921 e. The molecule has 1 aromatic heterocycles. The summed E-state index contributed by atoms with van der Waals surface area (Å²) in [7, 11) is 2.04. The van der Waals surface area contributed by atoms with Crippen LogP contribution in [-0.4, -0.2) is 22.1 Å². The Morgan fingerprint density at radius 3 is 3.36 bits per heavy atom. The van der Waals surface area contributed by atoms with Gasteiger partial charge >= 0.3 is 0 Å². The molecule has 1 aromatic rings. The van der Waals surface area contributed by atoms with Crippen molar-refractivity contribution in [3.8, 4) is 0 Å². The van der Waals surface area contributed by atoms with E-state index in [1.165, 1.54) is 5.56 Å². The van der Waals surface area contributed by atoms with Gasteiger partial charge in [-0.05, 0) is 12.1 Å². The zero-order valence-electron chi connectivity index (χ0n) is 6.36. The van der Waals surface area contributed by atoms with Crippen molar-refractivity contribution >= 4 is 6.08 Å². The van der Waals surface area contributed by atoms with Crippen LogP contribution in [0, 0.1) is 0 Å². The van der Waals surface area contributed by atoms with Crippen molar-refractivity contribution in [2.75, 3.05) is 7.05 Å². The zero-order chi connectivity index (χ0) is 7.68. The fourth-order valence-corrected chi connectivity index (χ4v) is 1.16. The van der Waals surface area contributed by atoms with Gasteiger partial charge in [-0.2, -0.15) is 10.2 Å². The number of nitrogens with zero attached hydrogens (tertiary/aromatic N) is 3. The molecule has 3 nitrogen and oxygen atoms in total. The number of hydrogen-bond donors (Lipinski definition) is 0. The molecule has 1 aliphatic heterocycles. The third-order valence-corrected chi connectivity index (χ3v) is 1.74. The minimum absolute atomic E-state index is 0.932. The molecular weight excluding hydrogens is 138 g/mol. The van der Waals surface area contributed by atoms with Gasteiger partial charge in [0.25, 0.3) is 0 Å². The summed E-state index contributed by atoms with van der Waals surface area (Å²) in [6, 6.07) is 2.00. The lowest BCUT2D eigenvalue weighted by atomic mass is 10.1. The Labute approximate surface area is 65.4 Å². The lowest BCUT2D eigenvalue weighted by molar-refractivity contribution is 0.445. The minimum Gasteiger partial charge on any atom is -0.376 e. The van der Waals surface area contributed by atoms with Gasteiger partial charge in [0.2, 0.25) is 0 Å². The van der Waals surface area contributed by atoms with Crippen LogP contribution in [0.5, 0.6) is 0 Å². The molecule has 0 saturated carbocycles. The molecule has 11 heavy (non-hydrogen) atoms. The molecule has 0 unspecified atom stereocenters. The Balaban J connectivity index is 2.46. The second kappa shape index (κ2) is 2.34. The van der Waals surface area contributed by atoms with E-state index in [4.69, 9.17) is 0 Å². The summed E-state index contributed by atoms with van der Waals surface area (Å²) in [5.74, 6) is 0. The van der Waals surface area contributed by atoms with Crippen LogP contribution in [0.1, 0.15) is 11.3 Å². The Morgan fingerprint density at radius 1 is 1.55 bits per heavy atom. The molecule has 0 atom stereocenters. The molecule has 0 bridgehead atoms. The lowest BCUT2D eigenvalue weighted by Gasteiger charge is -2.18. The van der Waals surface area contributed by atoms with Gasteiger partial charge in [0.1, 0.15) is 0 Å². The summed E-state index contributed by atoms with van der Waals surface area (Å²) in [6.07, 6.45) is 5.72. The van der Waals surface area contributed by atoms with E-state index in [9.17, 15) is 0 Å². The first-order valence-corrected chi connectivity index (χ1v) is 3.55. The van der Waals surface area contributed by atoms with E-state index in [2.05, 4.69) is 15.1 Å². The molecule has 0 radical (unpaired) electrons. The van der Waals surface area contributed by atoms with Crippen LogP contribution in [0.2, 0.25) is 0 Å². The van der Waals surface area contributed by atoms with Crippen molar-refractivity contribution in [1.29, 1.82) is 0 Å². The topological polar surface area (TPSA) is 29.0 Å².